The topological polar surface area (TPSA) is 182 Å². The molecule has 1 aromatic carbocycles. The van der Waals surface area contributed by atoms with Gasteiger partial charge in [0.2, 0.25) is 5.89 Å². The Morgan fingerprint density at radius 3 is 2.97 bits per heavy atom. The molecule has 1 fully saturated rings. The largest absolute Gasteiger partial charge is 0.457 e. The second kappa shape index (κ2) is 8.46. The van der Waals surface area contributed by atoms with Gasteiger partial charge in [-0.15, -0.1) is 10.2 Å². The van der Waals surface area contributed by atoms with Crippen LogP contribution in [0.2, 0.25) is 0 Å². The highest BCUT2D eigenvalue weighted by molar-refractivity contribution is 5.95. The first kappa shape index (κ1) is 22.5. The average Bonchev–Trinajstić information content (AvgIpc) is 3.46. The van der Waals surface area contributed by atoms with Crippen molar-refractivity contribution in [1.82, 2.24) is 25.4 Å². The van der Waals surface area contributed by atoms with Crippen LogP contribution in [-0.4, -0.2) is 51.5 Å². The molecule has 178 valence electrons. The van der Waals surface area contributed by atoms with Gasteiger partial charge in [0.25, 0.3) is 5.89 Å². The van der Waals surface area contributed by atoms with E-state index in [1.54, 1.807) is 6.07 Å². The van der Waals surface area contributed by atoms with E-state index in [0.717, 1.165) is 5.56 Å². The standard InChI is InChI=1S/C23H23N9O3/c1-23(27-2)11-32(8-18(29-23)14-4-3-13-15(20(14)26)10-34-22(13)33)9-19-30-31-21(35-19)17-5-16(25)12(6-24)7-28-17/h3-5,7,18,29H,2,8-11,26H2,1H3,(H2,25,28). The molecule has 2 aliphatic heterocycles. The lowest BCUT2D eigenvalue weighted by atomic mass is 9.94. The number of pyridine rings is 1. The van der Waals surface area contributed by atoms with E-state index in [0.29, 0.717) is 48.0 Å². The van der Waals surface area contributed by atoms with Gasteiger partial charge in [-0.25, -0.2) is 9.78 Å². The van der Waals surface area contributed by atoms with Gasteiger partial charge in [-0.2, -0.15) is 5.26 Å². The molecular weight excluding hydrogens is 450 g/mol. The predicted molar refractivity (Wildman–Crippen MR) is 126 cm³/mol. The van der Waals surface area contributed by atoms with Gasteiger partial charge in [0.05, 0.1) is 23.4 Å². The fourth-order valence-corrected chi connectivity index (χ4v) is 4.46. The summed E-state index contributed by atoms with van der Waals surface area (Å²) in [7, 11) is 0. The lowest BCUT2D eigenvalue weighted by molar-refractivity contribution is 0.0535. The van der Waals surface area contributed by atoms with Crippen LogP contribution in [0.4, 0.5) is 11.4 Å². The fourth-order valence-electron chi connectivity index (χ4n) is 4.46. The summed E-state index contributed by atoms with van der Waals surface area (Å²) in [6.45, 7) is 7.33. The first-order chi connectivity index (χ1) is 16.8. The van der Waals surface area contributed by atoms with Crippen molar-refractivity contribution < 1.29 is 13.9 Å². The van der Waals surface area contributed by atoms with Crippen molar-refractivity contribution >= 4 is 24.1 Å². The van der Waals surface area contributed by atoms with Gasteiger partial charge in [0, 0.05) is 36.6 Å². The highest BCUT2D eigenvalue weighted by Crippen LogP contribution is 2.35. The lowest BCUT2D eigenvalue weighted by Crippen LogP contribution is -2.58. The van der Waals surface area contributed by atoms with E-state index >= 15 is 0 Å². The smallest absolute Gasteiger partial charge is 0.338 e. The van der Waals surface area contributed by atoms with Gasteiger partial charge in [-0.05, 0) is 31.3 Å². The van der Waals surface area contributed by atoms with E-state index in [2.05, 4.69) is 37.1 Å². The van der Waals surface area contributed by atoms with Crippen molar-refractivity contribution in [3.05, 3.63) is 52.5 Å². The number of ether oxygens (including phenoxy) is 1. The van der Waals surface area contributed by atoms with E-state index in [1.165, 1.54) is 12.3 Å². The Balaban J connectivity index is 1.38. The number of nitrogens with zero attached hydrogens (tertiary/aromatic N) is 6. The summed E-state index contributed by atoms with van der Waals surface area (Å²) in [5.41, 5.74) is 15.2. The van der Waals surface area contributed by atoms with Crippen LogP contribution in [0.3, 0.4) is 0 Å². The van der Waals surface area contributed by atoms with Crippen molar-refractivity contribution in [2.45, 2.75) is 31.8 Å². The quantitative estimate of drug-likeness (QED) is 0.277. The monoisotopic (exact) mass is 473 g/mol. The number of esters is 1. The highest BCUT2D eigenvalue weighted by Gasteiger charge is 2.37. The van der Waals surface area contributed by atoms with Gasteiger partial charge < -0.3 is 20.6 Å². The van der Waals surface area contributed by atoms with Crippen LogP contribution < -0.4 is 16.8 Å². The minimum atomic E-state index is -0.660. The van der Waals surface area contributed by atoms with Crippen molar-refractivity contribution in [2.24, 2.45) is 4.99 Å². The van der Waals surface area contributed by atoms with E-state index in [-0.39, 0.29) is 35.8 Å². The molecular formula is C23H23N9O3. The molecule has 0 aliphatic carbocycles. The van der Waals surface area contributed by atoms with E-state index in [4.69, 9.17) is 25.9 Å². The zero-order valence-electron chi connectivity index (χ0n) is 19.0. The molecule has 5 rings (SSSR count). The number of nitrogens with two attached hydrogens (primary N) is 2. The summed E-state index contributed by atoms with van der Waals surface area (Å²) in [4.78, 5) is 22.5. The fraction of sp³-hybridized carbons (Fsp3) is 0.304. The summed E-state index contributed by atoms with van der Waals surface area (Å²) in [5.74, 6) is 0.234. The number of hydrogen-bond donors (Lipinski definition) is 3. The van der Waals surface area contributed by atoms with Crippen molar-refractivity contribution in [3.63, 3.8) is 0 Å². The molecule has 5 N–H and O–H groups in total. The zero-order chi connectivity index (χ0) is 24.7. The van der Waals surface area contributed by atoms with Gasteiger partial charge >= 0.3 is 5.97 Å². The maximum atomic E-state index is 11.9. The molecule has 2 unspecified atom stereocenters. The summed E-state index contributed by atoms with van der Waals surface area (Å²) < 4.78 is 11.0. The number of benzene rings is 1. The van der Waals surface area contributed by atoms with Gasteiger partial charge in [0.1, 0.15) is 24.0 Å². The minimum absolute atomic E-state index is 0.167. The molecule has 2 aliphatic rings. The van der Waals surface area contributed by atoms with Crippen molar-refractivity contribution in [2.75, 3.05) is 24.6 Å². The molecule has 4 heterocycles. The third-order valence-corrected chi connectivity index (χ3v) is 6.24. The molecule has 0 bridgehead atoms. The number of nitrogens with one attached hydrogen (secondary N) is 1. The van der Waals surface area contributed by atoms with Gasteiger partial charge in [-0.3, -0.25) is 15.2 Å². The van der Waals surface area contributed by atoms with Crippen LogP contribution >= 0.6 is 0 Å². The first-order valence-corrected chi connectivity index (χ1v) is 10.8. The second-order valence-electron chi connectivity index (χ2n) is 8.74. The van der Waals surface area contributed by atoms with E-state index < -0.39 is 5.66 Å². The Hall–Kier alpha value is -4.34. The average molecular weight is 473 g/mol. The number of hydrogen-bond acceptors (Lipinski definition) is 12. The van der Waals surface area contributed by atoms with Gasteiger partial charge in [-0.1, -0.05) is 6.07 Å². The zero-order valence-corrected chi connectivity index (χ0v) is 19.0. The number of rotatable bonds is 5. The number of cyclic esters (lactones) is 1. The molecule has 0 amide bonds. The predicted octanol–water partition coefficient (Wildman–Crippen LogP) is 1.40. The maximum absolute atomic E-state index is 11.9. The SMILES string of the molecule is C=NC1(C)CN(Cc2nnc(-c3cc(N)c(C#N)cn3)o2)CC(c2ccc3c(c2N)COC3=O)N1. The Morgan fingerprint density at radius 1 is 1.40 bits per heavy atom. The minimum Gasteiger partial charge on any atom is -0.457 e. The number of anilines is 2. The number of piperazine rings is 1. The van der Waals surface area contributed by atoms with Crippen LogP contribution in [0.15, 0.2) is 33.8 Å². The normalized spacial score (nSPS) is 21.8. The molecule has 3 aromatic rings. The molecule has 12 heteroatoms. The van der Waals surface area contributed by atoms with Crippen LogP contribution in [0, 0.1) is 11.3 Å². The number of carbonyl (C=O) groups is 1. The molecule has 35 heavy (non-hydrogen) atoms. The van der Waals surface area contributed by atoms with Crippen LogP contribution in [-0.2, 0) is 17.9 Å². The molecule has 0 radical (unpaired) electrons. The number of nitriles is 1. The number of carbonyl (C=O) groups excluding carboxylic acids is 1. The van der Waals surface area contributed by atoms with Crippen molar-refractivity contribution in [1.29, 1.82) is 5.26 Å². The molecule has 0 spiro atoms. The Kier molecular flexibility index (Phi) is 5.43. The number of aromatic nitrogens is 3. The number of aliphatic imine (C=N–C) groups is 1. The molecule has 2 atom stereocenters. The Bertz CT molecular complexity index is 1380. The summed E-state index contributed by atoms with van der Waals surface area (Å²) in [6, 6.07) is 6.90. The third kappa shape index (κ3) is 4.07. The number of fused-ring (bicyclic) bond motifs is 1. The van der Waals surface area contributed by atoms with Crippen molar-refractivity contribution in [3.8, 4) is 17.7 Å². The van der Waals surface area contributed by atoms with Crippen LogP contribution in [0.5, 0.6) is 0 Å². The highest BCUT2D eigenvalue weighted by atomic mass is 16.5. The first-order valence-electron chi connectivity index (χ1n) is 10.8. The molecule has 1 saturated heterocycles. The van der Waals surface area contributed by atoms with E-state index in [9.17, 15) is 4.79 Å². The third-order valence-electron chi connectivity index (χ3n) is 6.24. The number of nitrogen functional groups attached to an aromatic ring is 2. The Labute approximate surface area is 200 Å². The summed E-state index contributed by atoms with van der Waals surface area (Å²) >= 11 is 0. The van der Waals surface area contributed by atoms with Gasteiger partial charge in [0.15, 0.2) is 0 Å². The lowest BCUT2D eigenvalue weighted by Gasteiger charge is -2.43. The summed E-state index contributed by atoms with van der Waals surface area (Å²) in [5, 5.41) is 20.8. The van der Waals surface area contributed by atoms with Crippen LogP contribution in [0.25, 0.3) is 11.6 Å². The second-order valence-corrected chi connectivity index (χ2v) is 8.74. The Morgan fingerprint density at radius 2 is 2.23 bits per heavy atom. The summed E-state index contributed by atoms with van der Waals surface area (Å²) in [6.07, 6.45) is 1.37. The molecule has 0 saturated carbocycles. The molecule has 2 aromatic heterocycles. The maximum Gasteiger partial charge on any atom is 0.338 e. The van der Waals surface area contributed by atoms with E-state index in [1.807, 2.05) is 19.1 Å². The van der Waals surface area contributed by atoms with Crippen LogP contribution in [0.1, 0.15) is 45.9 Å². The molecule has 12 nitrogen and oxygen atoms in total.